The Morgan fingerprint density at radius 1 is 1.09 bits per heavy atom. The number of benzene rings is 1. The van der Waals surface area contributed by atoms with Crippen LogP contribution in [0.15, 0.2) is 24.3 Å². The first-order valence-corrected chi connectivity index (χ1v) is 10.4. The Bertz CT molecular complexity index is 1060. The molecule has 0 atom stereocenters. The molecule has 1 N–H and O–H groups in total. The van der Waals surface area contributed by atoms with E-state index >= 15 is 0 Å². The van der Waals surface area contributed by atoms with Gasteiger partial charge in [0.15, 0.2) is 0 Å². The van der Waals surface area contributed by atoms with Crippen molar-refractivity contribution >= 4 is 34.8 Å². The van der Waals surface area contributed by atoms with Crippen molar-refractivity contribution < 1.29 is 33.4 Å². The maximum absolute atomic E-state index is 13.0. The molecule has 1 aromatic heterocycles. The monoisotopic (exact) mass is 444 g/mol. The minimum absolute atomic E-state index is 0.0223. The van der Waals surface area contributed by atoms with Gasteiger partial charge in [0, 0.05) is 18.4 Å². The van der Waals surface area contributed by atoms with Crippen molar-refractivity contribution in [3.05, 3.63) is 35.5 Å². The molecule has 9 heteroatoms. The van der Waals surface area contributed by atoms with E-state index in [-0.39, 0.29) is 37.4 Å². The number of fused-ring (bicyclic) bond motifs is 3. The van der Waals surface area contributed by atoms with Crippen molar-refractivity contribution in [2.45, 2.75) is 51.0 Å². The fraction of sp³-hybridized carbons (Fsp3) is 0.478. The average Bonchev–Trinajstić information content (AvgIpc) is 3.08. The summed E-state index contributed by atoms with van der Waals surface area (Å²) in [7, 11) is 2.39. The van der Waals surface area contributed by atoms with Crippen molar-refractivity contribution in [2.24, 2.45) is 0 Å². The van der Waals surface area contributed by atoms with Crippen LogP contribution in [0.3, 0.4) is 0 Å². The lowest BCUT2D eigenvalue weighted by Gasteiger charge is -2.33. The Morgan fingerprint density at radius 2 is 1.72 bits per heavy atom. The van der Waals surface area contributed by atoms with Crippen LogP contribution < -0.4 is 5.32 Å². The van der Waals surface area contributed by atoms with Crippen molar-refractivity contribution in [3.8, 4) is 0 Å². The summed E-state index contributed by atoms with van der Waals surface area (Å²) in [5, 5.41) is 3.40. The summed E-state index contributed by atoms with van der Waals surface area (Å²) in [6, 6.07) is 7.15. The summed E-state index contributed by atoms with van der Waals surface area (Å²) in [4.78, 5) is 51.0. The number of carbonyl (C=O) groups excluding carboxylic acids is 4. The minimum Gasteiger partial charge on any atom is -0.468 e. The second kappa shape index (κ2) is 8.64. The standard InChI is InChI=1S/C23H28N2O7/c1-22(2,3)32-21(29)24-13-11-15-14-8-6-7-9-16(14)25-17(26)10-12-23(18(15)25,19(27)30-4)20(28)31-5/h6-9H,10-13H2,1-5H3,(H,24,29). The number of para-hydroxylation sites is 1. The minimum atomic E-state index is -1.78. The zero-order valence-electron chi connectivity index (χ0n) is 18.9. The molecule has 0 aliphatic carbocycles. The smallest absolute Gasteiger partial charge is 0.407 e. The summed E-state index contributed by atoms with van der Waals surface area (Å²) in [5.41, 5.74) is -1.02. The van der Waals surface area contributed by atoms with Crippen LogP contribution in [0.1, 0.15) is 49.7 Å². The highest BCUT2D eigenvalue weighted by atomic mass is 16.6. The molecule has 0 spiro atoms. The second-order valence-electron chi connectivity index (χ2n) is 8.64. The van der Waals surface area contributed by atoms with Crippen LogP contribution >= 0.6 is 0 Å². The van der Waals surface area contributed by atoms with Gasteiger partial charge in [0.05, 0.1) is 25.4 Å². The topological polar surface area (TPSA) is 113 Å². The quantitative estimate of drug-likeness (QED) is 0.429. The third kappa shape index (κ3) is 3.94. The maximum atomic E-state index is 13.0. The predicted octanol–water partition coefficient (Wildman–Crippen LogP) is 2.73. The molecule has 2 aromatic rings. The SMILES string of the molecule is COC(=O)C1(C(=O)OC)CCC(=O)n2c1c(CCNC(=O)OC(C)(C)C)c1ccccc12. The first kappa shape index (κ1) is 23.3. The number of carbonyl (C=O) groups is 4. The Labute approximate surface area is 186 Å². The Morgan fingerprint density at radius 3 is 2.31 bits per heavy atom. The fourth-order valence-corrected chi connectivity index (χ4v) is 4.22. The van der Waals surface area contributed by atoms with Gasteiger partial charge in [0.1, 0.15) is 5.60 Å². The summed E-state index contributed by atoms with van der Waals surface area (Å²) >= 11 is 0. The third-order valence-corrected chi connectivity index (χ3v) is 5.46. The normalized spacial score (nSPS) is 15.1. The van der Waals surface area contributed by atoms with Crippen LogP contribution in [0.25, 0.3) is 10.9 Å². The van der Waals surface area contributed by atoms with E-state index in [0.29, 0.717) is 16.5 Å². The van der Waals surface area contributed by atoms with E-state index in [2.05, 4.69) is 5.32 Å². The number of amides is 1. The van der Waals surface area contributed by atoms with Gasteiger partial charge in [0.25, 0.3) is 0 Å². The molecule has 3 rings (SSSR count). The molecule has 1 aromatic carbocycles. The number of hydrogen-bond donors (Lipinski definition) is 1. The lowest BCUT2D eigenvalue weighted by atomic mass is 9.75. The van der Waals surface area contributed by atoms with Gasteiger partial charge < -0.3 is 19.5 Å². The van der Waals surface area contributed by atoms with Crippen LogP contribution in [-0.4, -0.2) is 54.9 Å². The lowest BCUT2D eigenvalue weighted by Crippen LogP contribution is -2.51. The lowest BCUT2D eigenvalue weighted by molar-refractivity contribution is -0.163. The number of nitrogens with one attached hydrogen (secondary N) is 1. The van der Waals surface area contributed by atoms with E-state index in [0.717, 1.165) is 0 Å². The summed E-state index contributed by atoms with van der Waals surface area (Å²) in [5.74, 6) is -1.81. The highest BCUT2D eigenvalue weighted by Crippen LogP contribution is 2.43. The van der Waals surface area contributed by atoms with Gasteiger partial charge in [-0.1, -0.05) is 18.2 Å². The van der Waals surface area contributed by atoms with Crippen LogP contribution in [0, 0.1) is 0 Å². The van der Waals surface area contributed by atoms with Crippen LogP contribution in [0.2, 0.25) is 0 Å². The zero-order chi connectivity index (χ0) is 23.7. The molecule has 32 heavy (non-hydrogen) atoms. The Balaban J connectivity index is 2.13. The van der Waals surface area contributed by atoms with Crippen LogP contribution in [0.5, 0.6) is 0 Å². The molecule has 2 heterocycles. The summed E-state index contributed by atoms with van der Waals surface area (Å²) in [6.07, 6.45) is -0.414. The number of nitrogens with zero attached hydrogens (tertiary/aromatic N) is 1. The van der Waals surface area contributed by atoms with Gasteiger partial charge in [-0.3, -0.25) is 19.0 Å². The van der Waals surface area contributed by atoms with Crippen molar-refractivity contribution in [2.75, 3.05) is 20.8 Å². The van der Waals surface area contributed by atoms with E-state index in [9.17, 15) is 19.2 Å². The number of alkyl carbamates (subject to hydrolysis) is 1. The molecular weight excluding hydrogens is 416 g/mol. The number of rotatable bonds is 5. The van der Waals surface area contributed by atoms with E-state index < -0.39 is 29.0 Å². The molecule has 1 amide bonds. The fourth-order valence-electron chi connectivity index (χ4n) is 4.22. The first-order chi connectivity index (χ1) is 15.1. The molecule has 9 nitrogen and oxygen atoms in total. The molecule has 0 fully saturated rings. The van der Waals surface area contributed by atoms with Crippen LogP contribution in [0.4, 0.5) is 4.79 Å². The Kier molecular flexibility index (Phi) is 6.29. The van der Waals surface area contributed by atoms with E-state index in [1.807, 2.05) is 12.1 Å². The summed E-state index contributed by atoms with van der Waals surface area (Å²) < 4.78 is 16.7. The first-order valence-electron chi connectivity index (χ1n) is 10.4. The van der Waals surface area contributed by atoms with Crippen molar-refractivity contribution in [1.29, 1.82) is 0 Å². The predicted molar refractivity (Wildman–Crippen MR) is 115 cm³/mol. The largest absolute Gasteiger partial charge is 0.468 e. The molecule has 0 saturated heterocycles. The number of aromatic nitrogens is 1. The van der Waals surface area contributed by atoms with Crippen molar-refractivity contribution in [1.82, 2.24) is 9.88 Å². The molecule has 0 saturated carbocycles. The van der Waals surface area contributed by atoms with Gasteiger partial charge >= 0.3 is 18.0 Å². The number of hydrogen-bond acceptors (Lipinski definition) is 7. The Hall–Kier alpha value is -3.36. The maximum Gasteiger partial charge on any atom is 0.407 e. The van der Waals surface area contributed by atoms with E-state index in [1.54, 1.807) is 32.9 Å². The van der Waals surface area contributed by atoms with Gasteiger partial charge in [-0.05, 0) is 45.2 Å². The van der Waals surface area contributed by atoms with Crippen LogP contribution in [-0.2, 0) is 35.6 Å². The molecule has 0 bridgehead atoms. The van der Waals surface area contributed by atoms with Gasteiger partial charge in [-0.2, -0.15) is 0 Å². The van der Waals surface area contributed by atoms with E-state index in [4.69, 9.17) is 14.2 Å². The highest BCUT2D eigenvalue weighted by molar-refractivity contribution is 6.11. The third-order valence-electron chi connectivity index (χ3n) is 5.46. The molecule has 1 aliphatic heterocycles. The zero-order valence-corrected chi connectivity index (χ0v) is 18.9. The number of ether oxygens (including phenoxy) is 3. The highest BCUT2D eigenvalue weighted by Gasteiger charge is 2.56. The van der Waals surface area contributed by atoms with Gasteiger partial charge in [0.2, 0.25) is 11.3 Å². The van der Waals surface area contributed by atoms with Crippen molar-refractivity contribution in [3.63, 3.8) is 0 Å². The summed E-state index contributed by atoms with van der Waals surface area (Å²) in [6.45, 7) is 5.45. The number of esters is 2. The molecule has 1 aliphatic rings. The molecule has 0 unspecified atom stereocenters. The molecular formula is C23H28N2O7. The second-order valence-corrected chi connectivity index (χ2v) is 8.64. The number of methoxy groups -OCH3 is 2. The molecule has 0 radical (unpaired) electrons. The van der Waals surface area contributed by atoms with E-state index in [1.165, 1.54) is 18.8 Å². The molecule has 172 valence electrons. The van der Waals surface area contributed by atoms with Gasteiger partial charge in [-0.25, -0.2) is 4.79 Å². The van der Waals surface area contributed by atoms with Gasteiger partial charge in [-0.15, -0.1) is 0 Å². The average molecular weight is 444 g/mol.